The highest BCUT2D eigenvalue weighted by Crippen LogP contribution is 2.42. The Kier molecular flexibility index (Phi) is 5.90. The summed E-state index contributed by atoms with van der Waals surface area (Å²) in [4.78, 5) is 12.0. The molecule has 0 spiro atoms. The molecule has 0 bridgehead atoms. The van der Waals surface area contributed by atoms with E-state index in [2.05, 4.69) is 6.58 Å². The van der Waals surface area contributed by atoms with Gasteiger partial charge in [0.2, 0.25) is 0 Å². The first kappa shape index (κ1) is 19.1. The molecule has 2 aromatic rings. The Balaban J connectivity index is 2.89. The van der Waals surface area contributed by atoms with Gasteiger partial charge < -0.3 is 19.4 Å². The maximum Gasteiger partial charge on any atom is 0.336 e. The molecular weight excluding hydrogens is 320 g/mol. The molecule has 0 fully saturated rings. The molecule has 0 saturated carbocycles. The van der Waals surface area contributed by atoms with Gasteiger partial charge in [-0.2, -0.15) is 0 Å². The summed E-state index contributed by atoms with van der Waals surface area (Å²) in [5.74, 6) is -0.0517. The van der Waals surface area contributed by atoms with Crippen molar-refractivity contribution in [1.82, 2.24) is 0 Å². The zero-order valence-electron chi connectivity index (χ0n) is 15.2. The van der Waals surface area contributed by atoms with Gasteiger partial charge in [0.25, 0.3) is 0 Å². The Hall–Kier alpha value is -2.27. The van der Waals surface area contributed by atoms with Gasteiger partial charge in [0.1, 0.15) is 11.5 Å². The number of fused-ring (bicyclic) bond motifs is 1. The fourth-order valence-corrected chi connectivity index (χ4v) is 2.88. The molecule has 0 aliphatic carbocycles. The van der Waals surface area contributed by atoms with E-state index >= 15 is 0 Å². The van der Waals surface area contributed by atoms with E-state index in [0.29, 0.717) is 17.6 Å². The van der Waals surface area contributed by atoms with E-state index < -0.39 is 11.7 Å². The van der Waals surface area contributed by atoms with E-state index in [1.54, 1.807) is 13.0 Å². The molecule has 1 aromatic heterocycles. The minimum absolute atomic E-state index is 0.119. The van der Waals surface area contributed by atoms with Crippen molar-refractivity contribution in [3.63, 3.8) is 0 Å². The molecule has 0 aliphatic rings. The number of hydrogen-bond donors (Lipinski definition) is 2. The van der Waals surface area contributed by atoms with Crippen LogP contribution in [0.5, 0.6) is 11.5 Å². The van der Waals surface area contributed by atoms with Crippen molar-refractivity contribution in [1.29, 1.82) is 0 Å². The number of aryl methyl sites for hydroxylation is 1. The van der Waals surface area contributed by atoms with Crippen molar-refractivity contribution in [2.75, 3.05) is 0 Å². The molecule has 2 rings (SSSR count). The molecular formula is C20H26O5. The van der Waals surface area contributed by atoms with E-state index in [4.69, 9.17) is 9.15 Å². The molecule has 5 heteroatoms. The highest BCUT2D eigenvalue weighted by Gasteiger charge is 2.26. The molecule has 5 nitrogen and oxygen atoms in total. The topological polar surface area (TPSA) is 79.9 Å². The quantitative estimate of drug-likeness (QED) is 0.583. The van der Waals surface area contributed by atoms with E-state index in [0.717, 1.165) is 12.0 Å². The van der Waals surface area contributed by atoms with Crippen molar-refractivity contribution in [3.05, 3.63) is 46.3 Å². The highest BCUT2D eigenvalue weighted by atomic mass is 16.5. The lowest BCUT2D eigenvalue weighted by Crippen LogP contribution is -2.12. The third-order valence-corrected chi connectivity index (χ3v) is 4.13. The summed E-state index contributed by atoms with van der Waals surface area (Å²) in [6, 6.07) is 2.93. The van der Waals surface area contributed by atoms with Gasteiger partial charge in [-0.1, -0.05) is 26.3 Å². The van der Waals surface area contributed by atoms with Crippen LogP contribution in [-0.2, 0) is 6.42 Å². The lowest BCUT2D eigenvalue weighted by atomic mass is 9.93. The Morgan fingerprint density at radius 2 is 2.00 bits per heavy atom. The van der Waals surface area contributed by atoms with Gasteiger partial charge in [-0.3, -0.25) is 0 Å². The Morgan fingerprint density at radius 3 is 2.56 bits per heavy atom. The van der Waals surface area contributed by atoms with Gasteiger partial charge >= 0.3 is 5.63 Å². The molecule has 2 atom stereocenters. The second-order valence-electron chi connectivity index (χ2n) is 6.56. The fraction of sp³-hybridized carbons (Fsp3) is 0.450. The average molecular weight is 346 g/mol. The first-order chi connectivity index (χ1) is 11.8. The highest BCUT2D eigenvalue weighted by molar-refractivity contribution is 5.91. The van der Waals surface area contributed by atoms with Crippen molar-refractivity contribution in [2.45, 2.75) is 52.7 Å². The maximum atomic E-state index is 12.0. The third kappa shape index (κ3) is 3.87. The van der Waals surface area contributed by atoms with Crippen LogP contribution < -0.4 is 10.4 Å². The zero-order valence-corrected chi connectivity index (χ0v) is 15.2. The van der Waals surface area contributed by atoms with E-state index in [1.807, 2.05) is 20.8 Å². The maximum absolute atomic E-state index is 12.0. The molecule has 1 aromatic carbocycles. The van der Waals surface area contributed by atoms with Crippen LogP contribution in [0.4, 0.5) is 0 Å². The summed E-state index contributed by atoms with van der Waals surface area (Å²) in [5.41, 5.74) is 0.627. The van der Waals surface area contributed by atoms with Crippen LogP contribution in [0.3, 0.4) is 0 Å². The summed E-state index contributed by atoms with van der Waals surface area (Å²) < 4.78 is 11.2. The molecule has 136 valence electrons. The SMILES string of the molecule is C=CC(C)C(O)c1c(O)cc(OC(C)C)c2c(CCC)cc(=O)oc12. The molecule has 2 unspecified atom stereocenters. The summed E-state index contributed by atoms with van der Waals surface area (Å²) in [6.45, 7) is 11.2. The molecule has 25 heavy (non-hydrogen) atoms. The molecule has 0 saturated heterocycles. The molecule has 2 N–H and O–H groups in total. The Morgan fingerprint density at radius 1 is 1.32 bits per heavy atom. The predicted octanol–water partition coefficient (Wildman–Crippen LogP) is 4.09. The number of aromatic hydroxyl groups is 1. The first-order valence-electron chi connectivity index (χ1n) is 8.60. The lowest BCUT2D eigenvalue weighted by molar-refractivity contribution is 0.136. The second kappa shape index (κ2) is 7.74. The van der Waals surface area contributed by atoms with Gasteiger partial charge in [-0.15, -0.1) is 6.58 Å². The third-order valence-electron chi connectivity index (χ3n) is 4.13. The van der Waals surface area contributed by atoms with Crippen molar-refractivity contribution in [2.24, 2.45) is 5.92 Å². The number of benzene rings is 1. The molecule has 1 heterocycles. The number of aliphatic hydroxyl groups is 1. The van der Waals surface area contributed by atoms with Crippen LogP contribution >= 0.6 is 0 Å². The van der Waals surface area contributed by atoms with Gasteiger partial charge in [-0.25, -0.2) is 4.79 Å². The Bertz CT molecular complexity index is 819. The van der Waals surface area contributed by atoms with Crippen molar-refractivity contribution < 1.29 is 19.4 Å². The summed E-state index contributed by atoms with van der Waals surface area (Å²) in [7, 11) is 0. The molecule has 0 aliphatic heterocycles. The molecule has 0 radical (unpaired) electrons. The minimum atomic E-state index is -1.05. The summed E-state index contributed by atoms with van der Waals surface area (Å²) in [6.07, 6.45) is 1.91. The van der Waals surface area contributed by atoms with Crippen LogP contribution in [0.15, 0.2) is 34.0 Å². The van der Waals surface area contributed by atoms with Crippen molar-refractivity contribution in [3.8, 4) is 11.5 Å². The van der Waals surface area contributed by atoms with E-state index in [1.165, 1.54) is 12.1 Å². The van der Waals surface area contributed by atoms with Crippen LogP contribution in [0.1, 0.15) is 51.3 Å². The van der Waals surface area contributed by atoms with Crippen LogP contribution in [-0.4, -0.2) is 16.3 Å². The fourth-order valence-electron chi connectivity index (χ4n) is 2.88. The first-order valence-corrected chi connectivity index (χ1v) is 8.60. The van der Waals surface area contributed by atoms with Gasteiger partial charge in [0.05, 0.1) is 23.2 Å². The Labute approximate surface area is 147 Å². The summed E-state index contributed by atoms with van der Waals surface area (Å²) in [5, 5.41) is 21.7. The standard InChI is InChI=1S/C20H26O5/c1-6-8-13-9-16(22)25-20-17(13)15(24-11(3)4)10-14(21)18(20)19(23)12(5)7-2/h7,9-12,19,21,23H,2,6,8H2,1,3-5H3. The predicted molar refractivity (Wildman–Crippen MR) is 98.2 cm³/mol. The van der Waals surface area contributed by atoms with E-state index in [-0.39, 0.29) is 28.9 Å². The largest absolute Gasteiger partial charge is 0.507 e. The number of phenolic OH excluding ortho intramolecular Hbond substituents is 1. The zero-order chi connectivity index (χ0) is 18.7. The number of hydrogen-bond acceptors (Lipinski definition) is 5. The lowest BCUT2D eigenvalue weighted by Gasteiger charge is -2.21. The number of phenols is 1. The minimum Gasteiger partial charge on any atom is -0.507 e. The van der Waals surface area contributed by atoms with Gasteiger partial charge in [0, 0.05) is 18.1 Å². The van der Waals surface area contributed by atoms with Crippen LogP contribution in [0.2, 0.25) is 0 Å². The van der Waals surface area contributed by atoms with Crippen LogP contribution in [0.25, 0.3) is 11.0 Å². The summed E-state index contributed by atoms with van der Waals surface area (Å²) >= 11 is 0. The normalized spacial score (nSPS) is 13.8. The van der Waals surface area contributed by atoms with Crippen LogP contribution in [0, 0.1) is 5.92 Å². The second-order valence-corrected chi connectivity index (χ2v) is 6.56. The van der Waals surface area contributed by atoms with E-state index in [9.17, 15) is 15.0 Å². The number of aliphatic hydroxyl groups excluding tert-OH is 1. The number of ether oxygens (including phenoxy) is 1. The van der Waals surface area contributed by atoms with Gasteiger partial charge in [-0.05, 0) is 25.8 Å². The monoisotopic (exact) mass is 346 g/mol. The average Bonchev–Trinajstić information content (AvgIpc) is 2.52. The smallest absolute Gasteiger partial charge is 0.336 e. The van der Waals surface area contributed by atoms with Crippen molar-refractivity contribution >= 4 is 11.0 Å². The molecule has 0 amide bonds. The van der Waals surface area contributed by atoms with Gasteiger partial charge in [0.15, 0.2) is 5.58 Å². The number of rotatable bonds is 7.